The maximum absolute atomic E-state index is 5.92. The zero-order chi connectivity index (χ0) is 11.4. The summed E-state index contributed by atoms with van der Waals surface area (Å²) in [5.41, 5.74) is 5.92. The van der Waals surface area contributed by atoms with Gasteiger partial charge in [-0.1, -0.05) is 12.1 Å². The molecular formula is C11H20N4O. The lowest BCUT2D eigenvalue weighted by atomic mass is 9.91. The van der Waals surface area contributed by atoms with Crippen LogP contribution >= 0.6 is 0 Å². The normalized spacial score (nSPS) is 26.2. The second kappa shape index (κ2) is 5.41. The van der Waals surface area contributed by atoms with Gasteiger partial charge in [0.05, 0.1) is 6.54 Å². The molecule has 5 heteroatoms. The molecule has 16 heavy (non-hydrogen) atoms. The molecule has 0 amide bonds. The zero-order valence-corrected chi connectivity index (χ0v) is 9.80. The fourth-order valence-electron chi connectivity index (χ4n) is 2.41. The molecule has 1 aliphatic carbocycles. The van der Waals surface area contributed by atoms with Crippen molar-refractivity contribution in [2.45, 2.75) is 51.2 Å². The lowest BCUT2D eigenvalue weighted by Crippen LogP contribution is -2.40. The van der Waals surface area contributed by atoms with Crippen molar-refractivity contribution in [3.05, 3.63) is 12.2 Å². The van der Waals surface area contributed by atoms with Crippen LogP contribution in [0.25, 0.3) is 0 Å². The molecule has 2 N–H and O–H groups in total. The first kappa shape index (κ1) is 11.5. The molecule has 1 heterocycles. The fourth-order valence-corrected chi connectivity index (χ4v) is 2.41. The van der Waals surface area contributed by atoms with Gasteiger partial charge in [-0.15, -0.1) is 0 Å². The summed E-state index contributed by atoms with van der Waals surface area (Å²) in [7, 11) is 0. The quantitative estimate of drug-likeness (QED) is 0.831. The molecule has 90 valence electrons. The van der Waals surface area contributed by atoms with E-state index in [9.17, 15) is 0 Å². The van der Waals surface area contributed by atoms with E-state index in [1.165, 1.54) is 19.2 Å². The Hall–Kier alpha value is -0.940. The average molecular weight is 224 g/mol. The minimum atomic E-state index is 0.403. The van der Waals surface area contributed by atoms with E-state index in [0.29, 0.717) is 12.1 Å². The highest BCUT2D eigenvalue weighted by molar-refractivity contribution is 4.85. The molecular weight excluding hydrogens is 204 g/mol. The fraction of sp³-hybridized carbons (Fsp3) is 0.818. The van der Waals surface area contributed by atoms with Crippen LogP contribution in [0.2, 0.25) is 0 Å². The van der Waals surface area contributed by atoms with Crippen molar-refractivity contribution in [1.82, 2.24) is 15.0 Å². The summed E-state index contributed by atoms with van der Waals surface area (Å²) in [4.78, 5) is 6.48. The SMILES string of the molecule is CCN(Cc1ncon1)C1CCC(N)CC1. The zero-order valence-electron chi connectivity index (χ0n) is 9.80. The number of nitrogens with two attached hydrogens (primary N) is 1. The van der Waals surface area contributed by atoms with Crippen molar-refractivity contribution in [2.24, 2.45) is 5.73 Å². The van der Waals surface area contributed by atoms with Crippen LogP contribution in [-0.4, -0.2) is 33.7 Å². The van der Waals surface area contributed by atoms with Gasteiger partial charge >= 0.3 is 0 Å². The summed E-state index contributed by atoms with van der Waals surface area (Å²) in [5.74, 6) is 0.775. The predicted molar refractivity (Wildman–Crippen MR) is 60.6 cm³/mol. The van der Waals surface area contributed by atoms with E-state index in [4.69, 9.17) is 10.3 Å². The van der Waals surface area contributed by atoms with E-state index in [2.05, 4.69) is 22.0 Å². The summed E-state index contributed by atoms with van der Waals surface area (Å²) in [5, 5.41) is 3.86. The first-order valence-electron chi connectivity index (χ1n) is 6.04. The molecule has 0 atom stereocenters. The van der Waals surface area contributed by atoms with E-state index >= 15 is 0 Å². The van der Waals surface area contributed by atoms with E-state index in [0.717, 1.165) is 31.8 Å². The van der Waals surface area contributed by atoms with E-state index in [1.54, 1.807) is 0 Å². The van der Waals surface area contributed by atoms with Gasteiger partial charge in [0.2, 0.25) is 6.39 Å². The topological polar surface area (TPSA) is 68.2 Å². The highest BCUT2D eigenvalue weighted by Gasteiger charge is 2.24. The van der Waals surface area contributed by atoms with Gasteiger partial charge in [0.25, 0.3) is 0 Å². The summed E-state index contributed by atoms with van der Waals surface area (Å²) in [6.07, 6.45) is 6.03. The minimum absolute atomic E-state index is 0.403. The van der Waals surface area contributed by atoms with Crippen LogP contribution < -0.4 is 5.73 Å². The van der Waals surface area contributed by atoms with Crippen LogP contribution in [-0.2, 0) is 6.54 Å². The molecule has 0 spiro atoms. The minimum Gasteiger partial charge on any atom is -0.343 e. The molecule has 1 saturated carbocycles. The Morgan fingerprint density at radius 2 is 2.19 bits per heavy atom. The molecule has 0 unspecified atom stereocenters. The molecule has 1 aromatic rings. The number of aromatic nitrogens is 2. The van der Waals surface area contributed by atoms with Crippen LogP contribution in [0.5, 0.6) is 0 Å². The third-order valence-corrected chi connectivity index (χ3v) is 3.42. The Morgan fingerprint density at radius 1 is 1.44 bits per heavy atom. The van der Waals surface area contributed by atoms with Gasteiger partial charge < -0.3 is 10.3 Å². The van der Waals surface area contributed by atoms with Crippen molar-refractivity contribution >= 4 is 0 Å². The monoisotopic (exact) mass is 224 g/mol. The number of hydrogen-bond donors (Lipinski definition) is 1. The second-order valence-electron chi connectivity index (χ2n) is 4.48. The molecule has 1 aliphatic rings. The number of rotatable bonds is 4. The number of nitrogens with zero attached hydrogens (tertiary/aromatic N) is 3. The van der Waals surface area contributed by atoms with Gasteiger partial charge in [0, 0.05) is 12.1 Å². The van der Waals surface area contributed by atoms with Crippen LogP contribution in [0.1, 0.15) is 38.4 Å². The van der Waals surface area contributed by atoms with Gasteiger partial charge in [0.15, 0.2) is 5.82 Å². The summed E-state index contributed by atoms with van der Waals surface area (Å²) in [6, 6.07) is 1.03. The molecule has 0 saturated heterocycles. The Labute approximate surface area is 96.0 Å². The Balaban J connectivity index is 1.89. The Kier molecular flexibility index (Phi) is 3.90. The van der Waals surface area contributed by atoms with Gasteiger partial charge in [-0.25, -0.2) is 0 Å². The van der Waals surface area contributed by atoms with Crippen molar-refractivity contribution < 1.29 is 4.52 Å². The Morgan fingerprint density at radius 3 is 2.75 bits per heavy atom. The van der Waals surface area contributed by atoms with Crippen molar-refractivity contribution in [3.63, 3.8) is 0 Å². The molecule has 0 aromatic carbocycles. The van der Waals surface area contributed by atoms with Gasteiger partial charge in [-0.2, -0.15) is 4.98 Å². The third kappa shape index (κ3) is 2.80. The van der Waals surface area contributed by atoms with E-state index < -0.39 is 0 Å². The van der Waals surface area contributed by atoms with Crippen LogP contribution in [0.15, 0.2) is 10.9 Å². The third-order valence-electron chi connectivity index (χ3n) is 3.42. The lowest BCUT2D eigenvalue weighted by molar-refractivity contribution is 0.144. The van der Waals surface area contributed by atoms with Crippen LogP contribution in [0.4, 0.5) is 0 Å². The maximum atomic E-state index is 5.92. The molecule has 5 nitrogen and oxygen atoms in total. The summed E-state index contributed by atoms with van der Waals surface area (Å²) >= 11 is 0. The molecule has 2 rings (SSSR count). The van der Waals surface area contributed by atoms with Gasteiger partial charge in [-0.05, 0) is 32.2 Å². The molecule has 0 bridgehead atoms. The highest BCUT2D eigenvalue weighted by Crippen LogP contribution is 2.22. The lowest BCUT2D eigenvalue weighted by Gasteiger charge is -2.34. The smallest absolute Gasteiger partial charge is 0.213 e. The first-order valence-corrected chi connectivity index (χ1v) is 6.04. The molecule has 1 aromatic heterocycles. The highest BCUT2D eigenvalue weighted by atomic mass is 16.5. The van der Waals surface area contributed by atoms with Crippen molar-refractivity contribution in [1.29, 1.82) is 0 Å². The van der Waals surface area contributed by atoms with E-state index in [-0.39, 0.29) is 0 Å². The Bertz CT molecular complexity index is 293. The molecule has 1 fully saturated rings. The molecule has 0 radical (unpaired) electrons. The van der Waals surface area contributed by atoms with Crippen molar-refractivity contribution in [2.75, 3.05) is 6.54 Å². The van der Waals surface area contributed by atoms with Gasteiger partial charge in [-0.3, -0.25) is 4.90 Å². The second-order valence-corrected chi connectivity index (χ2v) is 4.48. The largest absolute Gasteiger partial charge is 0.343 e. The van der Waals surface area contributed by atoms with Crippen LogP contribution in [0.3, 0.4) is 0 Å². The van der Waals surface area contributed by atoms with Crippen molar-refractivity contribution in [3.8, 4) is 0 Å². The predicted octanol–water partition coefficient (Wildman–Crippen LogP) is 1.16. The summed E-state index contributed by atoms with van der Waals surface area (Å²) in [6.45, 7) is 3.98. The summed E-state index contributed by atoms with van der Waals surface area (Å²) < 4.78 is 4.76. The van der Waals surface area contributed by atoms with Crippen LogP contribution in [0, 0.1) is 0 Å². The average Bonchev–Trinajstić information content (AvgIpc) is 2.80. The van der Waals surface area contributed by atoms with Gasteiger partial charge in [0.1, 0.15) is 0 Å². The van der Waals surface area contributed by atoms with E-state index in [1.807, 2.05) is 0 Å². The first-order chi connectivity index (χ1) is 7.79. The molecule has 0 aliphatic heterocycles. The standard InChI is InChI=1S/C11H20N4O/c1-2-15(7-11-13-8-16-14-11)10-5-3-9(12)4-6-10/h8-10H,2-7,12H2,1H3. The number of hydrogen-bond acceptors (Lipinski definition) is 5. The maximum Gasteiger partial charge on any atom is 0.213 e.